The highest BCUT2D eigenvalue weighted by Crippen LogP contribution is 2.44. The summed E-state index contributed by atoms with van der Waals surface area (Å²) in [6.45, 7) is 2.03. The topological polar surface area (TPSA) is 37.8 Å². The van der Waals surface area contributed by atoms with Crippen molar-refractivity contribution in [2.45, 2.75) is 25.7 Å². The zero-order chi connectivity index (χ0) is 14.3. The Morgan fingerprint density at radius 3 is 2.65 bits per heavy atom. The average molecular weight is 353 g/mol. The summed E-state index contributed by atoms with van der Waals surface area (Å²) in [7, 11) is 1.88. The van der Waals surface area contributed by atoms with Gasteiger partial charge in [-0.25, -0.2) is 9.97 Å². The molecule has 1 aliphatic rings. The van der Waals surface area contributed by atoms with Gasteiger partial charge in [0.25, 0.3) is 0 Å². The van der Waals surface area contributed by atoms with Crippen molar-refractivity contribution in [3.05, 3.63) is 39.0 Å². The summed E-state index contributed by atoms with van der Waals surface area (Å²) in [5.74, 6) is 2.16. The minimum absolute atomic E-state index is 0.561. The van der Waals surface area contributed by atoms with Crippen molar-refractivity contribution in [3.8, 4) is 11.4 Å². The second kappa shape index (κ2) is 5.34. The van der Waals surface area contributed by atoms with Crippen molar-refractivity contribution < 1.29 is 0 Å². The Morgan fingerprint density at radius 2 is 2.05 bits per heavy atom. The number of nitrogens with one attached hydrogen (secondary N) is 1. The van der Waals surface area contributed by atoms with Crippen LogP contribution in [0.4, 0.5) is 5.82 Å². The number of anilines is 1. The van der Waals surface area contributed by atoms with E-state index < -0.39 is 0 Å². The van der Waals surface area contributed by atoms with Gasteiger partial charge in [-0.2, -0.15) is 0 Å². The van der Waals surface area contributed by atoms with E-state index in [1.54, 1.807) is 0 Å². The van der Waals surface area contributed by atoms with Gasteiger partial charge >= 0.3 is 0 Å². The van der Waals surface area contributed by atoms with Gasteiger partial charge in [-0.3, -0.25) is 0 Å². The van der Waals surface area contributed by atoms with Gasteiger partial charge in [0, 0.05) is 23.6 Å². The second-order valence-corrected chi connectivity index (χ2v) is 6.31. The van der Waals surface area contributed by atoms with Crippen LogP contribution in [0, 0.1) is 6.92 Å². The lowest BCUT2D eigenvalue weighted by Crippen LogP contribution is -2.03. The zero-order valence-electron chi connectivity index (χ0n) is 11.4. The van der Waals surface area contributed by atoms with Crippen LogP contribution in [0.15, 0.2) is 22.7 Å². The molecule has 20 heavy (non-hydrogen) atoms. The van der Waals surface area contributed by atoms with Gasteiger partial charge in [0.15, 0.2) is 5.82 Å². The molecule has 0 bridgehead atoms. The fraction of sp³-hybridized carbons (Fsp3) is 0.333. The fourth-order valence-electron chi connectivity index (χ4n) is 2.26. The van der Waals surface area contributed by atoms with E-state index in [1.807, 2.05) is 32.2 Å². The maximum Gasteiger partial charge on any atom is 0.162 e. The summed E-state index contributed by atoms with van der Waals surface area (Å²) >= 11 is 9.63. The Labute approximate surface area is 131 Å². The molecule has 1 aromatic heterocycles. The first-order chi connectivity index (χ1) is 9.60. The molecule has 0 aliphatic heterocycles. The van der Waals surface area contributed by atoms with Crippen molar-refractivity contribution in [1.82, 2.24) is 9.97 Å². The summed E-state index contributed by atoms with van der Waals surface area (Å²) in [5, 5.41) is 3.87. The Balaban J connectivity index is 2.15. The Kier molecular flexibility index (Phi) is 3.69. The molecule has 0 radical (unpaired) electrons. The average Bonchev–Trinajstić information content (AvgIpc) is 3.24. The van der Waals surface area contributed by atoms with Crippen LogP contribution in [0.25, 0.3) is 11.4 Å². The lowest BCUT2D eigenvalue weighted by atomic mass is 10.1. The van der Waals surface area contributed by atoms with Crippen molar-refractivity contribution in [1.29, 1.82) is 0 Å². The number of benzene rings is 1. The summed E-state index contributed by atoms with van der Waals surface area (Å²) in [4.78, 5) is 9.37. The quantitative estimate of drug-likeness (QED) is 0.863. The lowest BCUT2D eigenvalue weighted by molar-refractivity contribution is 0.979. The van der Waals surface area contributed by atoms with Crippen LogP contribution in [0.2, 0.25) is 5.02 Å². The molecule has 2 aromatic rings. The summed E-state index contributed by atoms with van der Waals surface area (Å²) in [6, 6.07) is 5.81. The largest absolute Gasteiger partial charge is 0.372 e. The van der Waals surface area contributed by atoms with Crippen LogP contribution in [0.1, 0.15) is 30.0 Å². The van der Waals surface area contributed by atoms with E-state index in [0.29, 0.717) is 5.92 Å². The Hall–Kier alpha value is -1.13. The minimum atomic E-state index is 0.561. The highest BCUT2D eigenvalue weighted by Gasteiger charge is 2.29. The van der Waals surface area contributed by atoms with E-state index in [-0.39, 0.29) is 0 Å². The van der Waals surface area contributed by atoms with Crippen LogP contribution in [-0.4, -0.2) is 17.0 Å². The highest BCUT2D eigenvalue weighted by molar-refractivity contribution is 9.10. The molecule has 1 aromatic carbocycles. The van der Waals surface area contributed by atoms with E-state index in [9.17, 15) is 0 Å². The van der Waals surface area contributed by atoms with Crippen molar-refractivity contribution in [2.24, 2.45) is 0 Å². The Bertz CT molecular complexity index is 668. The molecule has 3 nitrogen and oxygen atoms in total. The lowest BCUT2D eigenvalue weighted by Gasteiger charge is -2.12. The van der Waals surface area contributed by atoms with Crippen LogP contribution in [-0.2, 0) is 0 Å². The van der Waals surface area contributed by atoms with Gasteiger partial charge in [0.2, 0.25) is 0 Å². The van der Waals surface area contributed by atoms with Crippen LogP contribution >= 0.6 is 27.5 Å². The van der Waals surface area contributed by atoms with Crippen molar-refractivity contribution in [3.63, 3.8) is 0 Å². The molecule has 104 valence electrons. The summed E-state index contributed by atoms with van der Waals surface area (Å²) < 4.78 is 0.984. The summed E-state index contributed by atoms with van der Waals surface area (Å²) in [6.07, 6.45) is 2.41. The Morgan fingerprint density at radius 1 is 1.30 bits per heavy atom. The molecule has 1 fully saturated rings. The van der Waals surface area contributed by atoms with Crippen molar-refractivity contribution in [2.75, 3.05) is 12.4 Å². The molecule has 1 saturated carbocycles. The van der Waals surface area contributed by atoms with Gasteiger partial charge < -0.3 is 5.32 Å². The predicted molar refractivity (Wildman–Crippen MR) is 86.4 cm³/mol. The van der Waals surface area contributed by atoms with Gasteiger partial charge in [0.1, 0.15) is 5.82 Å². The molecule has 0 amide bonds. The molecule has 0 atom stereocenters. The van der Waals surface area contributed by atoms with Crippen molar-refractivity contribution >= 4 is 33.3 Å². The number of halogens is 2. The van der Waals surface area contributed by atoms with Crippen LogP contribution in [0.3, 0.4) is 0 Å². The van der Waals surface area contributed by atoms with Gasteiger partial charge in [0.05, 0.1) is 10.2 Å². The number of hydrogen-bond donors (Lipinski definition) is 1. The van der Waals surface area contributed by atoms with Crippen LogP contribution in [0.5, 0.6) is 0 Å². The van der Waals surface area contributed by atoms with E-state index in [0.717, 1.165) is 38.0 Å². The monoisotopic (exact) mass is 351 g/mol. The zero-order valence-corrected chi connectivity index (χ0v) is 13.7. The number of aromatic nitrogens is 2. The highest BCUT2D eigenvalue weighted by atomic mass is 79.9. The standard InChI is InChI=1S/C15H15BrClN3/c1-8-7-10(17)5-6-11(8)14-19-13(9-3-4-9)12(16)15(18-2)20-14/h5-7,9H,3-4H2,1-2H3,(H,18,19,20). The molecule has 0 spiro atoms. The van der Waals surface area contributed by atoms with E-state index in [1.165, 1.54) is 12.8 Å². The number of nitrogens with zero attached hydrogens (tertiary/aromatic N) is 2. The van der Waals surface area contributed by atoms with Gasteiger partial charge in [-0.05, 0) is 59.5 Å². The molecule has 5 heteroatoms. The molecule has 1 heterocycles. The normalized spacial score (nSPS) is 14.4. The molecular weight excluding hydrogens is 338 g/mol. The smallest absolute Gasteiger partial charge is 0.162 e. The predicted octanol–water partition coefficient (Wildman–Crippen LogP) is 4.79. The number of hydrogen-bond acceptors (Lipinski definition) is 3. The summed E-state index contributed by atoms with van der Waals surface area (Å²) in [5.41, 5.74) is 3.22. The third-order valence-electron chi connectivity index (χ3n) is 3.51. The molecule has 0 unspecified atom stereocenters. The first-order valence-corrected chi connectivity index (χ1v) is 7.79. The first kappa shape index (κ1) is 13.8. The molecule has 3 rings (SSSR count). The minimum Gasteiger partial charge on any atom is -0.372 e. The molecule has 1 N–H and O–H groups in total. The van der Waals surface area contributed by atoms with Gasteiger partial charge in [-0.1, -0.05) is 11.6 Å². The van der Waals surface area contributed by atoms with Crippen LogP contribution < -0.4 is 5.32 Å². The number of rotatable bonds is 3. The second-order valence-electron chi connectivity index (χ2n) is 5.08. The third-order valence-corrected chi connectivity index (χ3v) is 4.52. The maximum absolute atomic E-state index is 6.02. The molecule has 1 aliphatic carbocycles. The number of aryl methyl sites for hydroxylation is 1. The molecular formula is C15H15BrClN3. The van der Waals surface area contributed by atoms with Gasteiger partial charge in [-0.15, -0.1) is 0 Å². The maximum atomic E-state index is 6.02. The fourth-order valence-corrected chi connectivity index (χ4v) is 3.18. The first-order valence-electron chi connectivity index (χ1n) is 6.62. The third kappa shape index (κ3) is 2.54. The SMILES string of the molecule is CNc1nc(-c2ccc(Cl)cc2C)nc(C2CC2)c1Br. The van der Waals surface area contributed by atoms with E-state index in [2.05, 4.69) is 26.2 Å². The molecule has 0 saturated heterocycles. The van der Waals surface area contributed by atoms with E-state index in [4.69, 9.17) is 16.6 Å². The van der Waals surface area contributed by atoms with E-state index >= 15 is 0 Å².